The fraction of sp³-hybridized carbons (Fsp3) is 1.00. The van der Waals surface area contributed by atoms with Crippen LogP contribution < -0.4 is 5.32 Å². The number of likely N-dealkylation sites (tertiary alicyclic amines) is 1. The van der Waals surface area contributed by atoms with E-state index in [1.165, 1.54) is 51.6 Å². The lowest BCUT2D eigenvalue weighted by Crippen LogP contribution is -2.58. The van der Waals surface area contributed by atoms with Gasteiger partial charge in [0.05, 0.1) is 12.1 Å². The predicted molar refractivity (Wildman–Crippen MR) is 84.9 cm³/mol. The third-order valence-electron chi connectivity index (χ3n) is 5.39. The molecule has 3 nitrogen and oxygen atoms in total. The molecule has 0 aromatic rings. The molecule has 0 radical (unpaired) electrons. The molecule has 0 aromatic heterocycles. The molecule has 0 amide bonds. The second kappa shape index (κ2) is 7.77. The van der Waals surface area contributed by atoms with E-state index in [2.05, 4.69) is 24.1 Å². The Kier molecular flexibility index (Phi) is 6.31. The lowest BCUT2D eigenvalue weighted by molar-refractivity contribution is 0.0914. The van der Waals surface area contributed by atoms with Crippen molar-refractivity contribution in [2.45, 2.75) is 64.3 Å². The summed E-state index contributed by atoms with van der Waals surface area (Å²) < 4.78 is 0. The molecule has 2 aliphatic rings. The standard InChI is InChI=1S/C17H34N2O/c1-3-10-18-17(14-20,16-7-8-16)13-19-11-5-6-15(4-2)9-12-19/h15-16,18,20H,3-14H2,1-2H3. The zero-order valence-electron chi connectivity index (χ0n) is 13.5. The molecule has 3 heteroatoms. The smallest absolute Gasteiger partial charge is 0.0628 e. The maximum atomic E-state index is 10.0. The van der Waals surface area contributed by atoms with Gasteiger partial charge in [0.15, 0.2) is 0 Å². The van der Waals surface area contributed by atoms with Gasteiger partial charge in [0, 0.05) is 6.54 Å². The number of aliphatic hydroxyl groups excluding tert-OH is 1. The lowest BCUT2D eigenvalue weighted by Gasteiger charge is -2.38. The Hall–Kier alpha value is -0.120. The van der Waals surface area contributed by atoms with E-state index in [-0.39, 0.29) is 5.54 Å². The van der Waals surface area contributed by atoms with Crippen molar-refractivity contribution < 1.29 is 5.11 Å². The summed E-state index contributed by atoms with van der Waals surface area (Å²) in [7, 11) is 0. The normalized spacial score (nSPS) is 28.1. The minimum atomic E-state index is -0.0257. The summed E-state index contributed by atoms with van der Waals surface area (Å²) in [6, 6.07) is 0. The fourth-order valence-electron chi connectivity index (χ4n) is 3.76. The zero-order valence-corrected chi connectivity index (χ0v) is 13.5. The average molecular weight is 282 g/mol. The van der Waals surface area contributed by atoms with Crippen LogP contribution in [0.2, 0.25) is 0 Å². The van der Waals surface area contributed by atoms with Crippen molar-refractivity contribution in [1.29, 1.82) is 0 Å². The number of hydrogen-bond acceptors (Lipinski definition) is 3. The highest BCUT2D eigenvalue weighted by Crippen LogP contribution is 2.40. The Morgan fingerprint density at radius 2 is 1.95 bits per heavy atom. The van der Waals surface area contributed by atoms with Gasteiger partial charge >= 0.3 is 0 Å². The maximum Gasteiger partial charge on any atom is 0.0628 e. The lowest BCUT2D eigenvalue weighted by atomic mass is 9.92. The molecular weight excluding hydrogens is 248 g/mol. The topological polar surface area (TPSA) is 35.5 Å². The minimum Gasteiger partial charge on any atom is -0.394 e. The summed E-state index contributed by atoms with van der Waals surface area (Å²) in [6.45, 7) is 9.35. The van der Waals surface area contributed by atoms with E-state index in [0.717, 1.165) is 25.4 Å². The molecule has 2 rings (SSSR count). The van der Waals surface area contributed by atoms with Gasteiger partial charge in [-0.05, 0) is 70.0 Å². The van der Waals surface area contributed by atoms with Crippen LogP contribution in [0.3, 0.4) is 0 Å². The monoisotopic (exact) mass is 282 g/mol. The van der Waals surface area contributed by atoms with E-state index in [1.807, 2.05) is 0 Å². The third-order valence-corrected chi connectivity index (χ3v) is 5.39. The molecule has 0 bridgehead atoms. The fourth-order valence-corrected chi connectivity index (χ4v) is 3.76. The van der Waals surface area contributed by atoms with Crippen molar-refractivity contribution in [1.82, 2.24) is 10.2 Å². The molecule has 0 spiro atoms. The van der Waals surface area contributed by atoms with Crippen molar-refractivity contribution >= 4 is 0 Å². The molecule has 2 fully saturated rings. The van der Waals surface area contributed by atoms with E-state index in [1.54, 1.807) is 0 Å². The van der Waals surface area contributed by atoms with Crippen LogP contribution in [0.4, 0.5) is 0 Å². The molecule has 1 heterocycles. The zero-order chi connectivity index (χ0) is 14.4. The molecule has 0 aromatic carbocycles. The Morgan fingerprint density at radius 3 is 2.55 bits per heavy atom. The Balaban J connectivity index is 1.92. The molecular formula is C17H34N2O. The van der Waals surface area contributed by atoms with Gasteiger partial charge in [-0.2, -0.15) is 0 Å². The van der Waals surface area contributed by atoms with Gasteiger partial charge in [-0.25, -0.2) is 0 Å². The van der Waals surface area contributed by atoms with Crippen molar-refractivity contribution in [3.8, 4) is 0 Å². The molecule has 2 N–H and O–H groups in total. The summed E-state index contributed by atoms with van der Waals surface area (Å²) in [4.78, 5) is 2.62. The first-order valence-corrected chi connectivity index (χ1v) is 8.82. The van der Waals surface area contributed by atoms with E-state index in [4.69, 9.17) is 0 Å². The Labute approximate surface area is 125 Å². The molecule has 1 aliphatic heterocycles. The molecule has 1 aliphatic carbocycles. The van der Waals surface area contributed by atoms with Crippen molar-refractivity contribution in [2.24, 2.45) is 11.8 Å². The van der Waals surface area contributed by atoms with Gasteiger partial charge < -0.3 is 15.3 Å². The molecule has 1 saturated heterocycles. The van der Waals surface area contributed by atoms with Crippen molar-refractivity contribution in [2.75, 3.05) is 32.8 Å². The molecule has 1 saturated carbocycles. The van der Waals surface area contributed by atoms with Gasteiger partial charge in [0.25, 0.3) is 0 Å². The van der Waals surface area contributed by atoms with Crippen LogP contribution in [-0.4, -0.2) is 48.3 Å². The summed E-state index contributed by atoms with van der Waals surface area (Å²) in [5.41, 5.74) is -0.0257. The van der Waals surface area contributed by atoms with Gasteiger partial charge in [-0.1, -0.05) is 20.3 Å². The van der Waals surface area contributed by atoms with Gasteiger partial charge in [0.2, 0.25) is 0 Å². The molecule has 20 heavy (non-hydrogen) atoms. The van der Waals surface area contributed by atoms with Crippen LogP contribution in [-0.2, 0) is 0 Å². The first-order valence-electron chi connectivity index (χ1n) is 8.82. The van der Waals surface area contributed by atoms with E-state index >= 15 is 0 Å². The third kappa shape index (κ3) is 4.19. The quantitative estimate of drug-likeness (QED) is 0.718. The number of nitrogens with zero attached hydrogens (tertiary/aromatic N) is 1. The highest BCUT2D eigenvalue weighted by molar-refractivity contribution is 5.03. The van der Waals surface area contributed by atoms with Gasteiger partial charge in [0.1, 0.15) is 0 Å². The van der Waals surface area contributed by atoms with E-state index in [9.17, 15) is 5.11 Å². The van der Waals surface area contributed by atoms with E-state index in [0.29, 0.717) is 12.5 Å². The van der Waals surface area contributed by atoms with Crippen LogP contribution in [0, 0.1) is 11.8 Å². The summed E-state index contributed by atoms with van der Waals surface area (Å²) >= 11 is 0. The number of rotatable bonds is 8. The van der Waals surface area contributed by atoms with Crippen LogP contribution in [0.25, 0.3) is 0 Å². The average Bonchev–Trinajstić information content (AvgIpc) is 3.30. The second-order valence-electron chi connectivity index (χ2n) is 7.00. The number of nitrogens with one attached hydrogen (secondary N) is 1. The summed E-state index contributed by atoms with van der Waals surface area (Å²) in [5.74, 6) is 1.62. The summed E-state index contributed by atoms with van der Waals surface area (Å²) in [6.07, 6.45) is 9.13. The van der Waals surface area contributed by atoms with Crippen molar-refractivity contribution in [3.63, 3.8) is 0 Å². The first-order chi connectivity index (χ1) is 9.74. The van der Waals surface area contributed by atoms with Crippen LogP contribution in [0.5, 0.6) is 0 Å². The maximum absolute atomic E-state index is 10.0. The van der Waals surface area contributed by atoms with Crippen molar-refractivity contribution in [3.05, 3.63) is 0 Å². The molecule has 2 unspecified atom stereocenters. The SMILES string of the molecule is CCCNC(CO)(CN1CCCC(CC)CC1)C1CC1. The van der Waals surface area contributed by atoms with Crippen LogP contribution in [0.1, 0.15) is 58.8 Å². The van der Waals surface area contributed by atoms with E-state index < -0.39 is 0 Å². The Morgan fingerprint density at radius 1 is 1.15 bits per heavy atom. The number of hydrogen-bond donors (Lipinski definition) is 2. The largest absolute Gasteiger partial charge is 0.394 e. The molecule has 2 atom stereocenters. The highest BCUT2D eigenvalue weighted by atomic mass is 16.3. The van der Waals surface area contributed by atoms with Crippen LogP contribution in [0.15, 0.2) is 0 Å². The summed E-state index contributed by atoms with van der Waals surface area (Å²) in [5, 5.41) is 13.7. The second-order valence-corrected chi connectivity index (χ2v) is 7.00. The highest BCUT2D eigenvalue weighted by Gasteiger charge is 2.45. The Bertz CT molecular complexity index is 280. The van der Waals surface area contributed by atoms with Gasteiger partial charge in [-0.3, -0.25) is 0 Å². The van der Waals surface area contributed by atoms with Crippen LogP contribution >= 0.6 is 0 Å². The first kappa shape index (κ1) is 16.3. The molecule has 118 valence electrons. The van der Waals surface area contributed by atoms with Gasteiger partial charge in [-0.15, -0.1) is 0 Å². The number of aliphatic hydroxyl groups is 1. The minimum absolute atomic E-state index is 0.0257. The predicted octanol–water partition coefficient (Wildman–Crippen LogP) is 2.64.